The van der Waals surface area contributed by atoms with Gasteiger partial charge in [-0.05, 0) is 31.2 Å². The lowest BCUT2D eigenvalue weighted by atomic mass is 10.3. The third-order valence-corrected chi connectivity index (χ3v) is 5.17. The molecule has 0 saturated heterocycles. The van der Waals surface area contributed by atoms with Gasteiger partial charge in [-0.2, -0.15) is 0 Å². The Balaban J connectivity index is 2.24. The summed E-state index contributed by atoms with van der Waals surface area (Å²) in [6.07, 6.45) is 5.23. The van der Waals surface area contributed by atoms with Gasteiger partial charge in [0.1, 0.15) is 0 Å². The second-order valence-electron chi connectivity index (χ2n) is 5.15. The highest BCUT2D eigenvalue weighted by molar-refractivity contribution is 7.93. The smallest absolute Gasteiger partial charge is 0.0948 e. The molecular weight excluding hydrogens is 284 g/mol. The van der Waals surface area contributed by atoms with Gasteiger partial charge in [0.2, 0.25) is 0 Å². The highest BCUT2D eigenvalue weighted by Crippen LogP contribution is 2.18. The van der Waals surface area contributed by atoms with Gasteiger partial charge in [-0.3, -0.25) is 0 Å². The average molecular weight is 306 g/mol. The van der Waals surface area contributed by atoms with Crippen LogP contribution in [0.2, 0.25) is 0 Å². The second-order valence-corrected chi connectivity index (χ2v) is 7.48. The van der Waals surface area contributed by atoms with Crippen LogP contribution in [0, 0.1) is 0 Å². The first-order chi connectivity index (χ1) is 9.94. The summed E-state index contributed by atoms with van der Waals surface area (Å²) >= 11 is 0. The first-order valence-corrected chi connectivity index (χ1v) is 8.80. The van der Waals surface area contributed by atoms with Crippen molar-refractivity contribution in [2.45, 2.75) is 24.9 Å². The molecule has 1 aromatic heterocycles. The predicted molar refractivity (Wildman–Crippen MR) is 87.1 cm³/mol. The summed E-state index contributed by atoms with van der Waals surface area (Å²) in [6.45, 7) is 3.31. The molecule has 5 nitrogen and oxygen atoms in total. The highest BCUT2D eigenvalue weighted by atomic mass is 32.2. The molecule has 0 unspecified atom stereocenters. The lowest BCUT2D eigenvalue weighted by Gasteiger charge is -2.13. The number of imidazole rings is 1. The Morgan fingerprint density at radius 1 is 1.29 bits per heavy atom. The molecule has 0 spiro atoms. The summed E-state index contributed by atoms with van der Waals surface area (Å²) in [4.78, 5) is 6.87. The summed E-state index contributed by atoms with van der Waals surface area (Å²) in [7, 11) is 1.57. The molecule has 0 bridgehead atoms. The summed E-state index contributed by atoms with van der Waals surface area (Å²) in [5.41, 5.74) is 2.06. The molecule has 1 atom stereocenters. The van der Waals surface area contributed by atoms with E-state index in [4.69, 9.17) is 0 Å². The van der Waals surface area contributed by atoms with E-state index < -0.39 is 9.73 Å². The van der Waals surface area contributed by atoms with E-state index in [1.807, 2.05) is 47.8 Å². The number of anilines is 1. The van der Waals surface area contributed by atoms with Crippen LogP contribution in [0.3, 0.4) is 0 Å². The lowest BCUT2D eigenvalue weighted by Crippen LogP contribution is -2.08. The van der Waals surface area contributed by atoms with Crippen molar-refractivity contribution in [3.8, 4) is 0 Å². The summed E-state index contributed by atoms with van der Waals surface area (Å²) in [5.74, 6) is 0. The first-order valence-electron chi connectivity index (χ1n) is 6.88. The third-order valence-electron chi connectivity index (χ3n) is 3.40. The van der Waals surface area contributed by atoms with E-state index in [1.165, 1.54) is 0 Å². The molecule has 1 aromatic carbocycles. The van der Waals surface area contributed by atoms with Crippen molar-refractivity contribution >= 4 is 15.4 Å². The Bertz CT molecular complexity index is 710. The van der Waals surface area contributed by atoms with Gasteiger partial charge in [0.25, 0.3) is 0 Å². The minimum atomic E-state index is -2.39. The molecule has 114 valence electrons. The normalized spacial score (nSPS) is 13.7. The Morgan fingerprint density at radius 3 is 2.52 bits per heavy atom. The largest absolute Gasteiger partial charge is 0.378 e. The molecule has 2 aromatic rings. The van der Waals surface area contributed by atoms with Gasteiger partial charge >= 0.3 is 0 Å². The van der Waals surface area contributed by atoms with Gasteiger partial charge in [0.05, 0.1) is 34.5 Å². The molecule has 0 aliphatic heterocycles. The Hall–Kier alpha value is -1.82. The van der Waals surface area contributed by atoms with Crippen molar-refractivity contribution < 1.29 is 4.21 Å². The quantitative estimate of drug-likeness (QED) is 0.853. The van der Waals surface area contributed by atoms with Gasteiger partial charge in [-0.1, -0.05) is 0 Å². The molecule has 0 N–H and O–H groups in total. The molecular formula is C15H22N4OS. The fourth-order valence-corrected chi connectivity index (χ4v) is 3.19. The zero-order chi connectivity index (χ0) is 15.5. The number of nitrogens with zero attached hydrogens (tertiary/aromatic N) is 4. The number of benzene rings is 1. The summed E-state index contributed by atoms with van der Waals surface area (Å²) in [5, 5.41) is 0. The van der Waals surface area contributed by atoms with Gasteiger partial charge in [0, 0.05) is 37.5 Å². The molecule has 1 heterocycles. The fourth-order valence-electron chi connectivity index (χ4n) is 2.03. The zero-order valence-corrected chi connectivity index (χ0v) is 13.8. The van der Waals surface area contributed by atoms with Crippen LogP contribution in [-0.2, 0) is 22.8 Å². The lowest BCUT2D eigenvalue weighted by molar-refractivity contribution is 0.674. The molecule has 0 saturated carbocycles. The number of hydrogen-bond acceptors (Lipinski definition) is 4. The molecule has 0 aliphatic carbocycles. The van der Waals surface area contributed by atoms with Crippen LogP contribution in [0.25, 0.3) is 0 Å². The number of aryl methyl sites for hydroxylation is 1. The SMILES string of the molecule is CCn1cncc1CN=[S@](C)(=O)c1ccc(N(C)C)cc1. The maximum absolute atomic E-state index is 12.8. The fraction of sp³-hybridized carbons (Fsp3) is 0.400. The topological polar surface area (TPSA) is 50.5 Å². The van der Waals surface area contributed by atoms with E-state index in [9.17, 15) is 4.21 Å². The van der Waals surface area contributed by atoms with Gasteiger partial charge < -0.3 is 9.47 Å². The molecule has 0 fully saturated rings. The highest BCUT2D eigenvalue weighted by Gasteiger charge is 2.07. The Morgan fingerprint density at radius 2 is 1.95 bits per heavy atom. The Labute approximate surface area is 126 Å². The van der Waals surface area contributed by atoms with E-state index in [1.54, 1.807) is 18.8 Å². The number of hydrogen-bond donors (Lipinski definition) is 0. The van der Waals surface area contributed by atoms with E-state index >= 15 is 0 Å². The van der Waals surface area contributed by atoms with Crippen molar-refractivity contribution in [3.05, 3.63) is 42.5 Å². The third kappa shape index (κ3) is 3.64. The van der Waals surface area contributed by atoms with Crippen molar-refractivity contribution in [2.24, 2.45) is 4.36 Å². The van der Waals surface area contributed by atoms with Crippen molar-refractivity contribution in [1.29, 1.82) is 0 Å². The van der Waals surface area contributed by atoms with Crippen LogP contribution in [-0.4, -0.2) is 34.1 Å². The van der Waals surface area contributed by atoms with Gasteiger partial charge in [0.15, 0.2) is 0 Å². The van der Waals surface area contributed by atoms with Crippen LogP contribution in [0.4, 0.5) is 5.69 Å². The molecule has 6 heteroatoms. The van der Waals surface area contributed by atoms with E-state index in [-0.39, 0.29) is 0 Å². The summed E-state index contributed by atoms with van der Waals surface area (Å²) in [6, 6.07) is 7.70. The molecule has 0 radical (unpaired) electrons. The van der Waals surface area contributed by atoms with Crippen LogP contribution >= 0.6 is 0 Å². The maximum atomic E-state index is 12.8. The van der Waals surface area contributed by atoms with Crippen LogP contribution < -0.4 is 4.90 Å². The van der Waals surface area contributed by atoms with Crippen molar-refractivity contribution in [2.75, 3.05) is 25.3 Å². The number of aromatic nitrogens is 2. The van der Waals surface area contributed by atoms with E-state index in [0.717, 1.165) is 22.8 Å². The van der Waals surface area contributed by atoms with Crippen molar-refractivity contribution in [1.82, 2.24) is 9.55 Å². The second kappa shape index (κ2) is 6.30. The van der Waals surface area contributed by atoms with Gasteiger partial charge in [-0.25, -0.2) is 13.6 Å². The summed E-state index contributed by atoms with van der Waals surface area (Å²) < 4.78 is 19.2. The van der Waals surface area contributed by atoms with Gasteiger partial charge in [-0.15, -0.1) is 0 Å². The standard InChI is InChI=1S/C15H22N4OS/c1-5-19-12-16-10-14(19)11-17-21(4,20)15-8-6-13(7-9-15)18(2)3/h6-10,12H,5,11H2,1-4H3/t21-/m1/s1. The maximum Gasteiger partial charge on any atom is 0.0948 e. The zero-order valence-electron chi connectivity index (χ0n) is 13.0. The van der Waals surface area contributed by atoms with E-state index in [2.05, 4.69) is 16.3 Å². The average Bonchev–Trinajstić information content (AvgIpc) is 2.93. The van der Waals surface area contributed by atoms with Crippen LogP contribution in [0.5, 0.6) is 0 Å². The van der Waals surface area contributed by atoms with Crippen LogP contribution in [0.1, 0.15) is 12.6 Å². The minimum absolute atomic E-state index is 0.415. The monoisotopic (exact) mass is 306 g/mol. The first kappa shape index (κ1) is 15.6. The molecule has 0 amide bonds. The molecule has 21 heavy (non-hydrogen) atoms. The Kier molecular flexibility index (Phi) is 4.67. The minimum Gasteiger partial charge on any atom is -0.378 e. The van der Waals surface area contributed by atoms with Crippen molar-refractivity contribution in [3.63, 3.8) is 0 Å². The number of rotatable bonds is 5. The predicted octanol–water partition coefficient (Wildman–Crippen LogP) is 2.63. The van der Waals surface area contributed by atoms with Crippen LogP contribution in [0.15, 0.2) is 46.0 Å². The van der Waals surface area contributed by atoms with E-state index in [0.29, 0.717) is 6.54 Å². The molecule has 0 aliphatic rings. The molecule has 2 rings (SSSR count).